The van der Waals surface area contributed by atoms with E-state index in [2.05, 4.69) is 55.8 Å². The average molecular weight is 911 g/mol. The van der Waals surface area contributed by atoms with Crippen LogP contribution in [0.3, 0.4) is 0 Å². The fourth-order valence-corrected chi connectivity index (χ4v) is 9.70. The molecule has 2 aliphatic heterocycles. The van der Waals surface area contributed by atoms with E-state index >= 15 is 0 Å². The number of aromatic amines is 1. The number of nitrogens with zero attached hydrogens (tertiary/aromatic N) is 5. The van der Waals surface area contributed by atoms with Crippen molar-refractivity contribution in [3.05, 3.63) is 117 Å². The summed E-state index contributed by atoms with van der Waals surface area (Å²) in [5, 5.41) is 15.8. The highest BCUT2D eigenvalue weighted by Crippen LogP contribution is 2.43. The number of halogens is 1. The van der Waals surface area contributed by atoms with Gasteiger partial charge in [0, 0.05) is 82.1 Å². The van der Waals surface area contributed by atoms with Gasteiger partial charge in [-0.2, -0.15) is 0 Å². The number of aromatic nitrogens is 2. The third-order valence-electron chi connectivity index (χ3n) is 12.2. The molecule has 2 amide bonds. The first-order chi connectivity index (χ1) is 30.6. The molecule has 0 saturated carbocycles. The number of anilines is 2. The molecule has 3 aliphatic rings. The molecule has 8 rings (SSSR count). The van der Waals surface area contributed by atoms with Crippen LogP contribution in [0.25, 0.3) is 16.6 Å². The number of nitro benzene ring substituents is 1. The number of nitro groups is 1. The summed E-state index contributed by atoms with van der Waals surface area (Å²) in [6.07, 6.45) is 4.26. The van der Waals surface area contributed by atoms with Crippen LogP contribution in [0.15, 0.2) is 95.7 Å². The van der Waals surface area contributed by atoms with Crippen molar-refractivity contribution in [1.82, 2.24) is 24.5 Å². The smallest absolute Gasteiger partial charge is 0.293 e. The number of carbonyl (C=O) groups excluding carboxylic acids is 2. The number of H-pyrrole nitrogens is 1. The molecule has 1 aliphatic carbocycles. The zero-order valence-electron chi connectivity index (χ0n) is 35.9. The van der Waals surface area contributed by atoms with Crippen LogP contribution in [0.1, 0.15) is 56.0 Å². The summed E-state index contributed by atoms with van der Waals surface area (Å²) in [5.41, 5.74) is 5.77. The van der Waals surface area contributed by atoms with Crippen LogP contribution in [-0.4, -0.2) is 110 Å². The fraction of sp³-hybridized carbons (Fsp3) is 0.370. The van der Waals surface area contributed by atoms with E-state index < -0.39 is 37.5 Å². The molecular weight excluding hydrogens is 860 g/mol. The number of piperazine rings is 1. The molecule has 1 atom stereocenters. The van der Waals surface area contributed by atoms with Gasteiger partial charge in [-0.3, -0.25) is 24.6 Å². The van der Waals surface area contributed by atoms with E-state index in [-0.39, 0.29) is 34.9 Å². The number of sulfonamides is 1. The predicted molar refractivity (Wildman–Crippen MR) is 245 cm³/mol. The number of nitrogens with one attached hydrogen (secondary N) is 3. The van der Waals surface area contributed by atoms with Crippen molar-refractivity contribution in [1.29, 1.82) is 0 Å². The summed E-state index contributed by atoms with van der Waals surface area (Å²) >= 11 is 6.24. The molecule has 18 heteroatoms. The minimum atomic E-state index is -4.63. The molecule has 16 nitrogen and oxygen atoms in total. The molecule has 1 unspecified atom stereocenters. The van der Waals surface area contributed by atoms with Crippen LogP contribution in [0, 0.1) is 15.5 Å². The lowest BCUT2D eigenvalue weighted by Gasteiger charge is -2.39. The van der Waals surface area contributed by atoms with E-state index in [0.29, 0.717) is 49.6 Å². The largest absolute Gasteiger partial charge is 0.454 e. The van der Waals surface area contributed by atoms with Gasteiger partial charge >= 0.3 is 0 Å². The molecule has 0 bridgehead atoms. The second kappa shape index (κ2) is 18.6. The van der Waals surface area contributed by atoms with Crippen molar-refractivity contribution < 1.29 is 32.4 Å². The molecular formula is C46H51ClN8O8S. The number of morpholine rings is 1. The zero-order chi connectivity index (χ0) is 45.2. The number of para-hydroxylation sites is 1. The van der Waals surface area contributed by atoms with Crippen molar-refractivity contribution in [3.63, 3.8) is 0 Å². The molecule has 2 fully saturated rings. The van der Waals surface area contributed by atoms with E-state index in [1.165, 1.54) is 48.2 Å². The number of allylic oxidation sites excluding steroid dienone is 1. The maximum Gasteiger partial charge on any atom is 0.293 e. The van der Waals surface area contributed by atoms with Crippen molar-refractivity contribution in [3.8, 4) is 11.5 Å². The minimum Gasteiger partial charge on any atom is -0.454 e. The van der Waals surface area contributed by atoms with Crippen molar-refractivity contribution >= 4 is 67.1 Å². The zero-order valence-corrected chi connectivity index (χ0v) is 37.5. The maximum absolute atomic E-state index is 14.0. The highest BCUT2D eigenvalue weighted by molar-refractivity contribution is 7.90. The number of fused-ring (bicyclic) bond motifs is 1. The Kier molecular flexibility index (Phi) is 13.0. The van der Waals surface area contributed by atoms with Gasteiger partial charge in [-0.25, -0.2) is 18.1 Å². The summed E-state index contributed by atoms with van der Waals surface area (Å²) in [5.74, 6) is -0.642. The lowest BCUT2D eigenvalue weighted by atomic mass is 9.72. The fourth-order valence-electron chi connectivity index (χ4n) is 8.58. The first-order valence-electron chi connectivity index (χ1n) is 21.3. The number of rotatable bonds is 13. The Morgan fingerprint density at radius 3 is 2.55 bits per heavy atom. The first kappa shape index (κ1) is 44.6. The number of amides is 2. The molecule has 3 N–H and O–H groups in total. The van der Waals surface area contributed by atoms with Crippen LogP contribution >= 0.6 is 11.6 Å². The molecule has 4 aromatic carbocycles. The van der Waals surface area contributed by atoms with Gasteiger partial charge in [0.15, 0.2) is 5.75 Å². The third-order valence-corrected chi connectivity index (χ3v) is 13.8. The predicted octanol–water partition coefficient (Wildman–Crippen LogP) is 7.48. The number of hydrogen-bond acceptors (Lipinski definition) is 12. The number of carbonyl (C=O) groups is 2. The van der Waals surface area contributed by atoms with E-state index in [1.807, 2.05) is 18.2 Å². The molecule has 64 heavy (non-hydrogen) atoms. The van der Waals surface area contributed by atoms with Crippen LogP contribution in [0.2, 0.25) is 5.02 Å². The van der Waals surface area contributed by atoms with Crippen LogP contribution in [-0.2, 0) is 19.6 Å². The van der Waals surface area contributed by atoms with Gasteiger partial charge in [-0.1, -0.05) is 49.2 Å². The molecule has 3 heterocycles. The highest BCUT2D eigenvalue weighted by Gasteiger charge is 2.31. The minimum absolute atomic E-state index is 0.0521. The number of benzene rings is 4. The average Bonchev–Trinajstić information content (AvgIpc) is 3.77. The van der Waals surface area contributed by atoms with Gasteiger partial charge in [0.25, 0.3) is 21.6 Å². The number of imidazole rings is 1. The van der Waals surface area contributed by atoms with Crippen molar-refractivity contribution in [2.45, 2.75) is 51.0 Å². The van der Waals surface area contributed by atoms with Gasteiger partial charge in [0.1, 0.15) is 17.0 Å². The highest BCUT2D eigenvalue weighted by atomic mass is 35.5. The molecule has 336 valence electrons. The monoisotopic (exact) mass is 910 g/mol. The van der Waals surface area contributed by atoms with Crippen LogP contribution in [0.4, 0.5) is 17.1 Å². The van der Waals surface area contributed by atoms with E-state index in [9.17, 15) is 28.1 Å². The van der Waals surface area contributed by atoms with Gasteiger partial charge in [-0.05, 0) is 84.3 Å². The SMILES string of the molecule is CC(=O)N1CCOC(CNc2ccc(S(=O)(=O)NC(=O)c3ccc(N4CCN(CC5=C(c6ccc(Cl)cc6)CC(C)(C)CC5)CC4)cc3Oc3cccc4[nH]cnc34)cc2[N+](=O)[O-])C1. The van der Waals surface area contributed by atoms with Gasteiger partial charge < -0.3 is 29.6 Å². The topological polar surface area (TPSA) is 192 Å². The van der Waals surface area contributed by atoms with Crippen LogP contribution < -0.4 is 19.7 Å². The van der Waals surface area contributed by atoms with E-state index in [4.69, 9.17) is 21.1 Å². The summed E-state index contributed by atoms with van der Waals surface area (Å²) in [6.45, 7) is 11.2. The normalized spacial score (nSPS) is 18.2. The Hall–Kier alpha value is -6.01. The Morgan fingerprint density at radius 2 is 1.80 bits per heavy atom. The number of hydrogen-bond donors (Lipinski definition) is 3. The van der Waals surface area contributed by atoms with Gasteiger partial charge in [-0.15, -0.1) is 0 Å². The summed E-state index contributed by atoms with van der Waals surface area (Å²) in [4.78, 5) is 50.6. The Balaban J connectivity index is 1.000. The standard InChI is InChI=1S/C46H51ClN8O8S/c1-30(56)54-21-22-62-35(28-54)26-48-39-14-12-36(24-41(39)55(58)59)64(60,61)51-45(57)37-13-11-34(23-43(37)63-42-6-4-5-40-44(42)50-29-49-40)53-19-17-52(18-20-53)27-32-15-16-46(2,3)25-38(32)31-7-9-33(47)10-8-31/h4-14,23-24,29,35,48H,15-22,25-28H2,1-3H3,(H,49,50)(H,51,57). The first-order valence-corrected chi connectivity index (χ1v) is 23.1. The Morgan fingerprint density at radius 1 is 1.02 bits per heavy atom. The lowest BCUT2D eigenvalue weighted by molar-refractivity contribution is -0.384. The summed E-state index contributed by atoms with van der Waals surface area (Å²) in [7, 11) is -4.63. The van der Waals surface area contributed by atoms with E-state index in [1.54, 1.807) is 29.2 Å². The second-order valence-corrected chi connectivity index (χ2v) is 19.4. The lowest BCUT2D eigenvalue weighted by Crippen LogP contribution is -2.47. The molecule has 1 aromatic heterocycles. The second-order valence-electron chi connectivity index (χ2n) is 17.2. The quantitative estimate of drug-likeness (QED) is 0.0781. The molecule has 2 saturated heterocycles. The molecule has 5 aromatic rings. The maximum atomic E-state index is 14.0. The molecule has 0 spiro atoms. The van der Waals surface area contributed by atoms with Crippen LogP contribution in [0.5, 0.6) is 11.5 Å². The number of ether oxygens (including phenoxy) is 2. The Bertz CT molecular complexity index is 2720. The van der Waals surface area contributed by atoms with E-state index in [0.717, 1.165) is 55.7 Å². The van der Waals surface area contributed by atoms with Crippen molar-refractivity contribution in [2.24, 2.45) is 5.41 Å². The van der Waals surface area contributed by atoms with Gasteiger partial charge in [0.05, 0.1) is 39.9 Å². The summed E-state index contributed by atoms with van der Waals surface area (Å²) in [6, 6.07) is 21.8. The Labute approximate surface area is 376 Å². The third kappa shape index (κ3) is 10.2. The van der Waals surface area contributed by atoms with Gasteiger partial charge in [0.2, 0.25) is 5.91 Å². The van der Waals surface area contributed by atoms with Crippen molar-refractivity contribution in [2.75, 3.05) is 69.2 Å². The molecule has 0 radical (unpaired) electrons. The summed E-state index contributed by atoms with van der Waals surface area (Å²) < 4.78 is 41.7.